The maximum absolute atomic E-state index is 10.4. The molecule has 4 heteroatoms. The zero-order valence-electron chi connectivity index (χ0n) is 5.53. The van der Waals surface area contributed by atoms with Crippen molar-refractivity contribution in [1.29, 1.82) is 0 Å². The summed E-state index contributed by atoms with van der Waals surface area (Å²) in [6.45, 7) is 0.133. The lowest BCUT2D eigenvalue weighted by molar-refractivity contribution is -0.135. The van der Waals surface area contributed by atoms with Crippen molar-refractivity contribution in [2.45, 2.75) is 6.29 Å². The third-order valence-electron chi connectivity index (χ3n) is 1.22. The predicted molar refractivity (Wildman–Crippen MR) is 32.1 cm³/mol. The number of carbonyl (C=O) groups excluding carboxylic acids is 1. The molecule has 0 saturated heterocycles. The Morgan fingerprint density at radius 2 is 2.60 bits per heavy atom. The summed E-state index contributed by atoms with van der Waals surface area (Å²) in [4.78, 5) is 10.4. The Bertz CT molecular complexity index is 173. The van der Waals surface area contributed by atoms with E-state index in [0.717, 1.165) is 0 Å². The minimum absolute atomic E-state index is 0.133. The largest absolute Gasteiger partial charge is 0.458 e. The molecule has 1 atom stereocenters. The van der Waals surface area contributed by atoms with Crippen molar-refractivity contribution in [2.75, 3.05) is 13.7 Å². The summed E-state index contributed by atoms with van der Waals surface area (Å²) in [7, 11) is 1.36. The highest BCUT2D eigenvalue weighted by atomic mass is 16.6. The first-order chi connectivity index (χ1) is 4.74. The molecule has 0 fully saturated rings. The van der Waals surface area contributed by atoms with Crippen LogP contribution in [0.3, 0.4) is 0 Å². The zero-order chi connectivity index (χ0) is 7.56. The number of ether oxygens (including phenoxy) is 2. The molecule has 0 aliphatic carbocycles. The minimum Gasteiger partial charge on any atom is -0.458 e. The van der Waals surface area contributed by atoms with Crippen molar-refractivity contribution in [1.82, 2.24) is 0 Å². The number of rotatable bonds is 2. The fraction of sp³-hybridized carbons (Fsp3) is 0.500. The molecule has 10 heavy (non-hydrogen) atoms. The van der Waals surface area contributed by atoms with E-state index in [1.807, 2.05) is 0 Å². The minimum atomic E-state index is -1.01. The van der Waals surface area contributed by atoms with Gasteiger partial charge in [0.15, 0.2) is 6.29 Å². The highest BCUT2D eigenvalue weighted by Crippen LogP contribution is 2.10. The molecule has 0 saturated carbocycles. The van der Waals surface area contributed by atoms with Crippen molar-refractivity contribution in [3.63, 3.8) is 0 Å². The summed E-state index contributed by atoms with van der Waals surface area (Å²) in [6.07, 6.45) is 0.222. The Kier molecular flexibility index (Phi) is 2.03. The van der Waals surface area contributed by atoms with Crippen LogP contribution in [0.15, 0.2) is 11.6 Å². The fourth-order valence-electron chi connectivity index (χ4n) is 0.683. The van der Waals surface area contributed by atoms with Crippen molar-refractivity contribution in [3.8, 4) is 0 Å². The van der Waals surface area contributed by atoms with E-state index in [-0.39, 0.29) is 6.61 Å². The molecule has 0 aromatic heterocycles. The number of hydrogen-bond acceptors (Lipinski definition) is 4. The number of cyclic esters (lactones) is 1. The van der Waals surface area contributed by atoms with Gasteiger partial charge in [-0.2, -0.15) is 0 Å². The second kappa shape index (κ2) is 2.81. The van der Waals surface area contributed by atoms with Gasteiger partial charge in [0.2, 0.25) is 0 Å². The Balaban J connectivity index is 2.57. The predicted octanol–water partition coefficient (Wildman–Crippen LogP) is -0.566. The quantitative estimate of drug-likeness (QED) is 0.416. The Labute approximate surface area is 58.1 Å². The molecule has 0 radical (unpaired) electrons. The van der Waals surface area contributed by atoms with Crippen molar-refractivity contribution in [2.24, 2.45) is 0 Å². The van der Waals surface area contributed by atoms with Gasteiger partial charge in [0.05, 0.1) is 0 Å². The molecule has 56 valence electrons. The van der Waals surface area contributed by atoms with Crippen LogP contribution in [0.5, 0.6) is 0 Å². The molecule has 0 aromatic rings. The summed E-state index contributed by atoms with van der Waals surface area (Å²) in [6, 6.07) is 0. The van der Waals surface area contributed by atoms with Gasteiger partial charge in [0.1, 0.15) is 6.61 Å². The molecule has 1 rings (SSSR count). The number of esters is 1. The average Bonchev–Trinajstić information content (AvgIpc) is 2.34. The normalized spacial score (nSPS) is 20.2. The van der Waals surface area contributed by atoms with Crippen LogP contribution < -0.4 is 0 Å². The first kappa shape index (κ1) is 7.24. The van der Waals surface area contributed by atoms with Crippen LogP contribution in [0, 0.1) is 0 Å². The maximum Gasteiger partial charge on any atom is 0.331 e. The van der Waals surface area contributed by atoms with Gasteiger partial charge in [-0.1, -0.05) is 0 Å². The summed E-state index contributed by atoms with van der Waals surface area (Å²) in [5.74, 6) is -0.425. The van der Waals surface area contributed by atoms with Crippen LogP contribution in [0.4, 0.5) is 0 Å². The van der Waals surface area contributed by atoms with Crippen LogP contribution >= 0.6 is 0 Å². The van der Waals surface area contributed by atoms with E-state index in [4.69, 9.17) is 5.11 Å². The van der Waals surface area contributed by atoms with Crippen LogP contribution in [0.2, 0.25) is 0 Å². The lowest BCUT2D eigenvalue weighted by Crippen LogP contribution is -2.13. The molecule has 0 spiro atoms. The lowest BCUT2D eigenvalue weighted by atomic mass is 10.3. The molecule has 0 bridgehead atoms. The van der Waals surface area contributed by atoms with Crippen molar-refractivity contribution < 1.29 is 19.4 Å². The van der Waals surface area contributed by atoms with E-state index in [1.54, 1.807) is 0 Å². The summed E-state index contributed by atoms with van der Waals surface area (Å²) in [5.41, 5.74) is 0.465. The summed E-state index contributed by atoms with van der Waals surface area (Å²) in [5, 5.41) is 8.95. The molecule has 1 aliphatic rings. The van der Waals surface area contributed by atoms with E-state index in [0.29, 0.717) is 5.57 Å². The zero-order valence-corrected chi connectivity index (χ0v) is 5.53. The van der Waals surface area contributed by atoms with Gasteiger partial charge in [0, 0.05) is 18.8 Å². The van der Waals surface area contributed by atoms with Gasteiger partial charge in [0.25, 0.3) is 0 Å². The van der Waals surface area contributed by atoms with Gasteiger partial charge in [-0.05, 0) is 0 Å². The second-order valence-electron chi connectivity index (χ2n) is 1.92. The first-order valence-electron chi connectivity index (χ1n) is 2.82. The highest BCUT2D eigenvalue weighted by molar-refractivity contribution is 5.85. The number of aliphatic hydroxyl groups excluding tert-OH is 1. The molecule has 0 amide bonds. The van der Waals surface area contributed by atoms with E-state index >= 15 is 0 Å². The number of methoxy groups -OCH3 is 1. The van der Waals surface area contributed by atoms with E-state index in [1.165, 1.54) is 13.2 Å². The summed E-state index contributed by atoms with van der Waals surface area (Å²) >= 11 is 0. The van der Waals surface area contributed by atoms with Gasteiger partial charge >= 0.3 is 5.97 Å². The SMILES string of the molecule is COC(O)C1=CC(=O)OC1. The lowest BCUT2D eigenvalue weighted by Gasteiger charge is -2.06. The Hall–Kier alpha value is -0.870. The number of carbonyl (C=O) groups is 1. The molecule has 1 heterocycles. The van der Waals surface area contributed by atoms with E-state index in [2.05, 4.69) is 9.47 Å². The molecule has 0 aromatic carbocycles. The Morgan fingerprint density at radius 1 is 1.90 bits per heavy atom. The third-order valence-corrected chi connectivity index (χ3v) is 1.22. The number of aliphatic hydroxyl groups is 1. The standard InChI is InChI=1S/C6H8O4/c1-9-6(8)4-2-5(7)10-3-4/h2,6,8H,3H2,1H3. The molecule has 4 nitrogen and oxygen atoms in total. The average molecular weight is 144 g/mol. The summed E-state index contributed by atoms with van der Waals surface area (Å²) < 4.78 is 9.05. The third kappa shape index (κ3) is 1.34. The molecular weight excluding hydrogens is 136 g/mol. The van der Waals surface area contributed by atoms with Crippen LogP contribution in [0.25, 0.3) is 0 Å². The van der Waals surface area contributed by atoms with Gasteiger partial charge < -0.3 is 14.6 Å². The van der Waals surface area contributed by atoms with Gasteiger partial charge in [-0.3, -0.25) is 0 Å². The van der Waals surface area contributed by atoms with E-state index in [9.17, 15) is 4.79 Å². The molecule has 1 aliphatic heterocycles. The molecule has 1 unspecified atom stereocenters. The van der Waals surface area contributed by atoms with Gasteiger partial charge in [-0.25, -0.2) is 4.79 Å². The van der Waals surface area contributed by atoms with Crippen molar-refractivity contribution >= 4 is 5.97 Å². The topological polar surface area (TPSA) is 55.8 Å². The molecular formula is C6H8O4. The number of hydrogen-bond donors (Lipinski definition) is 1. The smallest absolute Gasteiger partial charge is 0.331 e. The Morgan fingerprint density at radius 3 is 3.00 bits per heavy atom. The van der Waals surface area contributed by atoms with Gasteiger partial charge in [-0.15, -0.1) is 0 Å². The highest BCUT2D eigenvalue weighted by Gasteiger charge is 2.18. The van der Waals surface area contributed by atoms with Crippen LogP contribution in [-0.4, -0.2) is 31.1 Å². The monoisotopic (exact) mass is 144 g/mol. The second-order valence-corrected chi connectivity index (χ2v) is 1.92. The first-order valence-corrected chi connectivity index (χ1v) is 2.82. The van der Waals surface area contributed by atoms with Crippen molar-refractivity contribution in [3.05, 3.63) is 11.6 Å². The van der Waals surface area contributed by atoms with Crippen LogP contribution in [0.1, 0.15) is 0 Å². The van der Waals surface area contributed by atoms with E-state index < -0.39 is 12.3 Å². The fourth-order valence-corrected chi connectivity index (χ4v) is 0.683. The van der Waals surface area contributed by atoms with Crippen LogP contribution in [-0.2, 0) is 14.3 Å². The molecule has 1 N–H and O–H groups in total. The maximum atomic E-state index is 10.4.